The van der Waals surface area contributed by atoms with Crippen LogP contribution < -0.4 is 5.32 Å². The molecule has 4 nitrogen and oxygen atoms in total. The van der Waals surface area contributed by atoms with Gasteiger partial charge in [0.1, 0.15) is 0 Å². The summed E-state index contributed by atoms with van der Waals surface area (Å²) in [4.78, 5) is 13.4. The molecule has 29 heavy (non-hydrogen) atoms. The van der Waals surface area contributed by atoms with Crippen molar-refractivity contribution in [1.29, 1.82) is 0 Å². The van der Waals surface area contributed by atoms with Gasteiger partial charge in [0.15, 0.2) is 5.78 Å². The maximum atomic E-state index is 13.4. The number of Topliss-reactive ketones (excluding diaryl/α,β-unsaturated/α-hetero) is 1. The summed E-state index contributed by atoms with van der Waals surface area (Å²) in [7, 11) is 0. The predicted molar refractivity (Wildman–Crippen MR) is 113 cm³/mol. The summed E-state index contributed by atoms with van der Waals surface area (Å²) in [6.45, 7) is 4.10. The SMILES string of the molecule is CCc1ccc([C@H]2C3=C(C[C@@H](c4ccccc4)CC3=O)Nc3onc(C)c32)cc1. The third-order valence-electron chi connectivity index (χ3n) is 6.25. The molecule has 2 heterocycles. The average molecular weight is 384 g/mol. The zero-order valence-corrected chi connectivity index (χ0v) is 16.7. The zero-order chi connectivity index (χ0) is 20.0. The second kappa shape index (κ2) is 7.03. The van der Waals surface area contributed by atoms with E-state index < -0.39 is 0 Å². The predicted octanol–water partition coefficient (Wildman–Crippen LogP) is 5.50. The molecule has 5 rings (SSSR count). The fourth-order valence-corrected chi connectivity index (χ4v) is 4.71. The molecule has 0 amide bonds. The van der Waals surface area contributed by atoms with Crippen molar-refractivity contribution in [3.63, 3.8) is 0 Å². The van der Waals surface area contributed by atoms with Crippen LogP contribution in [-0.4, -0.2) is 10.9 Å². The van der Waals surface area contributed by atoms with E-state index in [0.29, 0.717) is 12.3 Å². The number of anilines is 1. The van der Waals surface area contributed by atoms with Gasteiger partial charge in [-0.2, -0.15) is 0 Å². The van der Waals surface area contributed by atoms with Crippen molar-refractivity contribution in [2.75, 3.05) is 5.32 Å². The largest absolute Gasteiger partial charge is 0.338 e. The molecular weight excluding hydrogens is 360 g/mol. The number of ketones is 1. The van der Waals surface area contributed by atoms with E-state index in [-0.39, 0.29) is 17.6 Å². The van der Waals surface area contributed by atoms with E-state index in [1.807, 2.05) is 25.1 Å². The standard InChI is InChI=1S/C25H24N2O2/c1-3-16-9-11-18(12-10-16)23-22-15(2)27-29-25(22)26-20-13-19(14-21(28)24(20)23)17-7-5-4-6-8-17/h4-12,19,23,26H,3,13-14H2,1-2H3/t19-,23-/m1/s1. The van der Waals surface area contributed by atoms with Crippen molar-refractivity contribution in [1.82, 2.24) is 5.16 Å². The number of nitrogens with one attached hydrogen (secondary N) is 1. The molecule has 146 valence electrons. The van der Waals surface area contributed by atoms with Gasteiger partial charge in [-0.3, -0.25) is 4.79 Å². The molecule has 0 unspecified atom stereocenters. The van der Waals surface area contributed by atoms with Crippen LogP contribution in [0.25, 0.3) is 0 Å². The molecule has 0 saturated heterocycles. The van der Waals surface area contributed by atoms with Crippen LogP contribution in [0.5, 0.6) is 0 Å². The molecule has 0 bridgehead atoms. The second-order valence-corrected chi connectivity index (χ2v) is 8.00. The number of rotatable bonds is 3. The molecule has 0 fully saturated rings. The first-order valence-electron chi connectivity index (χ1n) is 10.3. The number of carbonyl (C=O) groups is 1. The minimum Gasteiger partial charge on any atom is -0.338 e. The first-order chi connectivity index (χ1) is 14.2. The van der Waals surface area contributed by atoms with Crippen molar-refractivity contribution in [3.05, 3.63) is 93.8 Å². The maximum Gasteiger partial charge on any atom is 0.233 e. The van der Waals surface area contributed by atoms with Crippen LogP contribution in [0.1, 0.15) is 59.5 Å². The molecule has 2 aliphatic rings. The Morgan fingerprint density at radius 3 is 2.52 bits per heavy atom. The number of hydrogen-bond donors (Lipinski definition) is 1. The Bertz CT molecular complexity index is 1090. The summed E-state index contributed by atoms with van der Waals surface area (Å²) in [6.07, 6.45) is 2.33. The number of carbonyl (C=O) groups excluding carboxylic acids is 1. The molecular formula is C25H24N2O2. The number of benzene rings is 2. The minimum absolute atomic E-state index is 0.123. The Hall–Kier alpha value is -3.14. The highest BCUT2D eigenvalue weighted by Gasteiger charge is 2.41. The van der Waals surface area contributed by atoms with Gasteiger partial charge in [0.25, 0.3) is 0 Å². The molecule has 3 aromatic rings. The molecule has 0 radical (unpaired) electrons. The van der Waals surface area contributed by atoms with Gasteiger partial charge < -0.3 is 9.84 Å². The summed E-state index contributed by atoms with van der Waals surface area (Å²) in [6, 6.07) is 18.9. The van der Waals surface area contributed by atoms with Crippen LogP contribution in [0.4, 0.5) is 5.88 Å². The van der Waals surface area contributed by atoms with Crippen LogP contribution >= 0.6 is 0 Å². The fourth-order valence-electron chi connectivity index (χ4n) is 4.71. The summed E-state index contributed by atoms with van der Waals surface area (Å²) in [5, 5.41) is 7.59. The smallest absolute Gasteiger partial charge is 0.233 e. The Kier molecular flexibility index (Phi) is 4.35. The number of hydrogen-bond acceptors (Lipinski definition) is 4. The van der Waals surface area contributed by atoms with Crippen LogP contribution in [0.2, 0.25) is 0 Å². The monoisotopic (exact) mass is 384 g/mol. The van der Waals surface area contributed by atoms with Crippen molar-refractivity contribution in [2.24, 2.45) is 0 Å². The molecule has 1 aliphatic heterocycles. The van der Waals surface area contributed by atoms with Crippen molar-refractivity contribution in [3.8, 4) is 0 Å². The Balaban J connectivity index is 1.61. The van der Waals surface area contributed by atoms with Crippen molar-refractivity contribution in [2.45, 2.75) is 44.9 Å². The normalized spacial score (nSPS) is 20.8. The lowest BCUT2D eigenvalue weighted by Gasteiger charge is -2.34. The summed E-state index contributed by atoms with van der Waals surface area (Å²) in [5.41, 5.74) is 7.29. The molecule has 4 heteroatoms. The molecule has 1 aromatic heterocycles. The highest BCUT2D eigenvalue weighted by Crippen LogP contribution is 2.48. The number of nitrogens with zero attached hydrogens (tertiary/aromatic N) is 1. The van der Waals surface area contributed by atoms with E-state index >= 15 is 0 Å². The van der Waals surface area contributed by atoms with Crippen LogP contribution in [0.3, 0.4) is 0 Å². The second-order valence-electron chi connectivity index (χ2n) is 8.00. The summed E-state index contributed by atoms with van der Waals surface area (Å²) >= 11 is 0. The molecule has 2 aromatic carbocycles. The molecule has 1 N–H and O–H groups in total. The van der Waals surface area contributed by atoms with Crippen molar-refractivity contribution >= 4 is 11.7 Å². The molecule has 1 aliphatic carbocycles. The first-order valence-corrected chi connectivity index (χ1v) is 10.3. The Labute approximate surface area is 170 Å². The number of aromatic nitrogens is 1. The first kappa shape index (κ1) is 17.9. The van der Waals surface area contributed by atoms with Gasteiger partial charge in [-0.05, 0) is 42.4 Å². The number of aryl methyl sites for hydroxylation is 2. The van der Waals surface area contributed by atoms with E-state index in [2.05, 4.69) is 53.8 Å². The topological polar surface area (TPSA) is 55.1 Å². The average Bonchev–Trinajstić information content (AvgIpc) is 3.13. The quantitative estimate of drug-likeness (QED) is 0.647. The Morgan fingerprint density at radius 2 is 1.79 bits per heavy atom. The van der Waals surface area contributed by atoms with Gasteiger partial charge in [0, 0.05) is 23.6 Å². The number of fused-ring (bicyclic) bond motifs is 1. The van der Waals surface area contributed by atoms with E-state index in [1.165, 1.54) is 11.1 Å². The minimum atomic E-state index is -0.123. The van der Waals surface area contributed by atoms with Crippen LogP contribution in [-0.2, 0) is 11.2 Å². The highest BCUT2D eigenvalue weighted by atomic mass is 16.5. The lowest BCUT2D eigenvalue weighted by molar-refractivity contribution is -0.116. The van der Waals surface area contributed by atoms with Crippen LogP contribution in [0.15, 0.2) is 70.4 Å². The summed E-state index contributed by atoms with van der Waals surface area (Å²) in [5.74, 6) is 0.946. The zero-order valence-electron chi connectivity index (χ0n) is 16.7. The highest BCUT2D eigenvalue weighted by molar-refractivity contribution is 6.01. The van der Waals surface area contributed by atoms with Crippen LogP contribution in [0, 0.1) is 6.92 Å². The number of allylic oxidation sites excluding steroid dienone is 2. The van der Waals surface area contributed by atoms with Gasteiger partial charge >= 0.3 is 0 Å². The van der Waals surface area contributed by atoms with E-state index in [4.69, 9.17) is 4.52 Å². The molecule has 0 saturated carbocycles. The van der Waals surface area contributed by atoms with Gasteiger partial charge in [-0.15, -0.1) is 0 Å². The summed E-state index contributed by atoms with van der Waals surface area (Å²) < 4.78 is 5.60. The maximum absolute atomic E-state index is 13.4. The van der Waals surface area contributed by atoms with Crippen molar-refractivity contribution < 1.29 is 9.32 Å². The molecule has 0 spiro atoms. The lowest BCUT2D eigenvalue weighted by Crippen LogP contribution is -2.29. The fraction of sp³-hybridized carbons (Fsp3) is 0.280. The van der Waals surface area contributed by atoms with E-state index in [0.717, 1.165) is 40.9 Å². The van der Waals surface area contributed by atoms with Gasteiger partial charge in [-0.25, -0.2) is 0 Å². The van der Waals surface area contributed by atoms with Gasteiger partial charge in [-0.1, -0.05) is 66.7 Å². The van der Waals surface area contributed by atoms with E-state index in [1.54, 1.807) is 0 Å². The third kappa shape index (κ3) is 3.00. The molecule has 2 atom stereocenters. The van der Waals surface area contributed by atoms with E-state index in [9.17, 15) is 4.79 Å². The lowest BCUT2D eigenvalue weighted by atomic mass is 9.72. The van der Waals surface area contributed by atoms with Gasteiger partial charge in [0.2, 0.25) is 5.88 Å². The van der Waals surface area contributed by atoms with Gasteiger partial charge in [0.05, 0.1) is 11.3 Å². The third-order valence-corrected chi connectivity index (χ3v) is 6.25. The Morgan fingerprint density at radius 1 is 1.03 bits per heavy atom.